The van der Waals surface area contributed by atoms with E-state index in [1.54, 1.807) is 12.3 Å². The summed E-state index contributed by atoms with van der Waals surface area (Å²) >= 11 is 0. The first-order valence-electron chi connectivity index (χ1n) is 4.33. The van der Waals surface area contributed by atoms with E-state index in [1.165, 1.54) is 13.1 Å². The fourth-order valence-electron chi connectivity index (χ4n) is 1.08. The van der Waals surface area contributed by atoms with Gasteiger partial charge in [0.15, 0.2) is 0 Å². The lowest BCUT2D eigenvalue weighted by Gasteiger charge is -2.00. The molecule has 1 aromatic rings. The van der Waals surface area contributed by atoms with Crippen molar-refractivity contribution in [1.29, 1.82) is 0 Å². The maximum Gasteiger partial charge on any atom is 0.250 e. The van der Waals surface area contributed by atoms with Gasteiger partial charge in [0.2, 0.25) is 5.91 Å². The number of aromatic nitrogens is 1. The van der Waals surface area contributed by atoms with Crippen LogP contribution in [0.2, 0.25) is 0 Å². The summed E-state index contributed by atoms with van der Waals surface area (Å²) in [5.41, 5.74) is 6.33. The van der Waals surface area contributed by atoms with Crippen molar-refractivity contribution in [2.75, 3.05) is 0 Å². The van der Waals surface area contributed by atoms with Gasteiger partial charge in [-0.2, -0.15) is 0 Å². The van der Waals surface area contributed by atoms with Crippen LogP contribution in [0.25, 0.3) is 0 Å². The highest BCUT2D eigenvalue weighted by atomic mass is 16.1. The second-order valence-corrected chi connectivity index (χ2v) is 3.15. The normalized spacial score (nSPS) is 9.79. The van der Waals surface area contributed by atoms with E-state index < -0.39 is 5.91 Å². The minimum atomic E-state index is -0.498. The molecule has 0 saturated carbocycles. The fourth-order valence-corrected chi connectivity index (χ4v) is 1.08. The van der Waals surface area contributed by atoms with Crippen molar-refractivity contribution in [3.05, 3.63) is 29.6 Å². The Morgan fingerprint density at radius 3 is 2.71 bits per heavy atom. The largest absolute Gasteiger partial charge is 0.366 e. The van der Waals surface area contributed by atoms with E-state index in [9.17, 15) is 9.59 Å². The van der Waals surface area contributed by atoms with E-state index in [0.29, 0.717) is 18.4 Å². The molecule has 2 N–H and O–H groups in total. The Morgan fingerprint density at radius 2 is 2.14 bits per heavy atom. The molecule has 0 saturated heterocycles. The predicted octanol–water partition coefficient (Wildman–Crippen LogP) is 0.702. The molecule has 0 aliphatic carbocycles. The van der Waals surface area contributed by atoms with Crippen molar-refractivity contribution in [3.63, 3.8) is 0 Å². The van der Waals surface area contributed by atoms with E-state index >= 15 is 0 Å². The summed E-state index contributed by atoms with van der Waals surface area (Å²) in [5, 5.41) is 0. The average molecular weight is 192 g/mol. The third-order valence-electron chi connectivity index (χ3n) is 1.85. The lowest BCUT2D eigenvalue weighted by molar-refractivity contribution is -0.116. The monoisotopic (exact) mass is 192 g/mol. The van der Waals surface area contributed by atoms with E-state index in [-0.39, 0.29) is 5.78 Å². The number of nitrogens with two attached hydrogens (primary N) is 1. The molecule has 0 atom stereocenters. The van der Waals surface area contributed by atoms with Crippen molar-refractivity contribution < 1.29 is 9.59 Å². The second-order valence-electron chi connectivity index (χ2n) is 3.15. The molecule has 0 bridgehead atoms. The summed E-state index contributed by atoms with van der Waals surface area (Å²) in [7, 11) is 0. The minimum Gasteiger partial charge on any atom is -0.366 e. The number of nitrogens with zero attached hydrogens (tertiary/aromatic N) is 1. The lowest BCUT2D eigenvalue weighted by Crippen LogP contribution is -2.11. The van der Waals surface area contributed by atoms with E-state index in [0.717, 1.165) is 5.56 Å². The summed E-state index contributed by atoms with van der Waals surface area (Å²) in [5.74, 6) is -0.378. The summed E-state index contributed by atoms with van der Waals surface area (Å²) in [6.07, 6.45) is 4.11. The standard InChI is InChI=1S/C10H12N2O2/c1-7(13)2-3-8-4-9(10(11)14)6-12-5-8/h4-6H,2-3H2,1H3,(H2,11,14). The fraction of sp³-hybridized carbons (Fsp3) is 0.300. The number of primary amides is 1. The molecule has 0 fully saturated rings. The summed E-state index contributed by atoms with van der Waals surface area (Å²) in [6.45, 7) is 1.53. The molecule has 0 spiro atoms. The Kier molecular flexibility index (Phi) is 3.34. The quantitative estimate of drug-likeness (QED) is 0.763. The zero-order chi connectivity index (χ0) is 10.6. The Labute approximate surface area is 82.1 Å². The van der Waals surface area contributed by atoms with E-state index in [1.807, 2.05) is 0 Å². The molecule has 1 amide bonds. The topological polar surface area (TPSA) is 73.1 Å². The van der Waals surface area contributed by atoms with Gasteiger partial charge in [-0.25, -0.2) is 0 Å². The average Bonchev–Trinajstić information content (AvgIpc) is 2.15. The number of pyridine rings is 1. The van der Waals surface area contributed by atoms with Crippen LogP contribution in [0.15, 0.2) is 18.5 Å². The molecular formula is C10H12N2O2. The van der Waals surface area contributed by atoms with Gasteiger partial charge in [-0.15, -0.1) is 0 Å². The maximum atomic E-state index is 10.8. The van der Waals surface area contributed by atoms with Crippen molar-refractivity contribution in [3.8, 4) is 0 Å². The van der Waals surface area contributed by atoms with Crippen LogP contribution in [0.5, 0.6) is 0 Å². The van der Waals surface area contributed by atoms with Crippen LogP contribution >= 0.6 is 0 Å². The molecule has 1 aromatic heterocycles. The SMILES string of the molecule is CC(=O)CCc1cncc(C(N)=O)c1. The zero-order valence-electron chi connectivity index (χ0n) is 7.99. The Balaban J connectivity index is 2.73. The van der Waals surface area contributed by atoms with Crippen LogP contribution in [0.4, 0.5) is 0 Å². The molecule has 1 rings (SSSR count). The van der Waals surface area contributed by atoms with Crippen LogP contribution in [0.1, 0.15) is 29.3 Å². The molecule has 0 radical (unpaired) electrons. The molecule has 4 nitrogen and oxygen atoms in total. The van der Waals surface area contributed by atoms with Crippen LogP contribution in [0, 0.1) is 0 Å². The Morgan fingerprint density at radius 1 is 1.43 bits per heavy atom. The van der Waals surface area contributed by atoms with Crippen molar-refractivity contribution >= 4 is 11.7 Å². The molecule has 4 heteroatoms. The van der Waals surface area contributed by atoms with Gasteiger partial charge in [-0.1, -0.05) is 0 Å². The highest BCUT2D eigenvalue weighted by Gasteiger charge is 2.02. The third kappa shape index (κ3) is 2.97. The molecule has 0 unspecified atom stereocenters. The number of hydrogen-bond acceptors (Lipinski definition) is 3. The van der Waals surface area contributed by atoms with Gasteiger partial charge >= 0.3 is 0 Å². The van der Waals surface area contributed by atoms with Gasteiger partial charge in [-0.3, -0.25) is 9.78 Å². The highest BCUT2D eigenvalue weighted by Crippen LogP contribution is 2.05. The van der Waals surface area contributed by atoms with Gasteiger partial charge in [0, 0.05) is 18.8 Å². The van der Waals surface area contributed by atoms with Gasteiger partial charge in [-0.05, 0) is 25.0 Å². The van der Waals surface area contributed by atoms with E-state index in [2.05, 4.69) is 4.98 Å². The number of ketones is 1. The van der Waals surface area contributed by atoms with Crippen molar-refractivity contribution in [2.45, 2.75) is 19.8 Å². The summed E-state index contributed by atoms with van der Waals surface area (Å²) in [4.78, 5) is 25.4. The smallest absolute Gasteiger partial charge is 0.250 e. The number of rotatable bonds is 4. The molecule has 1 heterocycles. The second kappa shape index (κ2) is 4.50. The van der Waals surface area contributed by atoms with Crippen molar-refractivity contribution in [2.24, 2.45) is 5.73 Å². The highest BCUT2D eigenvalue weighted by molar-refractivity contribution is 5.92. The molecule has 0 aliphatic heterocycles. The first-order valence-corrected chi connectivity index (χ1v) is 4.33. The van der Waals surface area contributed by atoms with Gasteiger partial charge in [0.1, 0.15) is 5.78 Å². The number of hydrogen-bond donors (Lipinski definition) is 1. The number of Topliss-reactive ketones (excluding diaryl/α,β-unsaturated/α-hetero) is 1. The maximum absolute atomic E-state index is 10.8. The number of carbonyl (C=O) groups excluding carboxylic acids is 2. The minimum absolute atomic E-state index is 0.120. The van der Waals surface area contributed by atoms with Crippen LogP contribution < -0.4 is 5.73 Å². The van der Waals surface area contributed by atoms with Crippen LogP contribution in [-0.4, -0.2) is 16.7 Å². The molecule has 74 valence electrons. The van der Waals surface area contributed by atoms with Gasteiger partial charge in [0.25, 0.3) is 0 Å². The van der Waals surface area contributed by atoms with Crippen LogP contribution in [0.3, 0.4) is 0 Å². The van der Waals surface area contributed by atoms with Crippen molar-refractivity contribution in [1.82, 2.24) is 4.98 Å². The zero-order valence-corrected chi connectivity index (χ0v) is 7.99. The molecule has 14 heavy (non-hydrogen) atoms. The van der Waals surface area contributed by atoms with Gasteiger partial charge < -0.3 is 10.5 Å². The lowest BCUT2D eigenvalue weighted by atomic mass is 10.1. The molecule has 0 aromatic carbocycles. The number of aryl methyl sites for hydroxylation is 1. The van der Waals surface area contributed by atoms with Crippen LogP contribution in [-0.2, 0) is 11.2 Å². The third-order valence-corrected chi connectivity index (χ3v) is 1.85. The Hall–Kier alpha value is -1.71. The summed E-state index contributed by atoms with van der Waals surface area (Å²) in [6, 6.07) is 1.66. The van der Waals surface area contributed by atoms with E-state index in [4.69, 9.17) is 5.73 Å². The van der Waals surface area contributed by atoms with Gasteiger partial charge in [0.05, 0.1) is 5.56 Å². The molecule has 0 aliphatic rings. The summed E-state index contributed by atoms with van der Waals surface area (Å²) < 4.78 is 0. The number of carbonyl (C=O) groups is 2. The first kappa shape index (κ1) is 10.4. The Bertz CT molecular complexity index is 361. The number of amides is 1. The molecular weight excluding hydrogens is 180 g/mol. The predicted molar refractivity (Wildman–Crippen MR) is 51.8 cm³/mol. The first-order chi connectivity index (χ1) is 6.59.